The molecule has 0 fully saturated rings. The number of benzene rings is 2. The first kappa shape index (κ1) is 21.3. The SMILES string of the molecule is CCc1c(C(=O)O)ccc(-c2cc(C(=O)c3c(F)cccc3F)n3cccc(F)c23)c1F. The molecule has 0 aliphatic carbocycles. The van der Waals surface area contributed by atoms with Crippen LogP contribution in [0.15, 0.2) is 54.7 Å². The van der Waals surface area contributed by atoms with Crippen LogP contribution in [-0.4, -0.2) is 21.3 Å². The number of ketones is 1. The van der Waals surface area contributed by atoms with Crippen molar-refractivity contribution in [1.29, 1.82) is 0 Å². The summed E-state index contributed by atoms with van der Waals surface area (Å²) in [5, 5.41) is 9.31. The van der Waals surface area contributed by atoms with E-state index in [4.69, 9.17) is 0 Å². The van der Waals surface area contributed by atoms with E-state index in [9.17, 15) is 27.9 Å². The molecule has 0 atom stereocenters. The number of pyridine rings is 1. The number of aromatic nitrogens is 1. The number of carboxylic acid groups (broad SMARTS) is 1. The zero-order valence-corrected chi connectivity index (χ0v) is 16.6. The van der Waals surface area contributed by atoms with Gasteiger partial charge >= 0.3 is 5.97 Å². The number of halogens is 4. The lowest BCUT2D eigenvalue weighted by atomic mass is 9.96. The second kappa shape index (κ2) is 7.96. The van der Waals surface area contributed by atoms with E-state index in [1.165, 1.54) is 24.4 Å². The maximum Gasteiger partial charge on any atom is 0.336 e. The van der Waals surface area contributed by atoms with E-state index in [-0.39, 0.29) is 39.9 Å². The van der Waals surface area contributed by atoms with Crippen molar-refractivity contribution >= 4 is 17.3 Å². The van der Waals surface area contributed by atoms with Gasteiger partial charge in [0.15, 0.2) is 0 Å². The highest BCUT2D eigenvalue weighted by atomic mass is 19.1. The van der Waals surface area contributed by atoms with E-state index in [2.05, 4.69) is 0 Å². The van der Waals surface area contributed by atoms with Gasteiger partial charge < -0.3 is 9.51 Å². The van der Waals surface area contributed by atoms with Crippen molar-refractivity contribution in [2.45, 2.75) is 13.3 Å². The molecule has 0 aliphatic heterocycles. The van der Waals surface area contributed by atoms with Gasteiger partial charge in [-0.3, -0.25) is 4.79 Å². The predicted molar refractivity (Wildman–Crippen MR) is 109 cm³/mol. The minimum Gasteiger partial charge on any atom is -0.478 e. The summed E-state index contributed by atoms with van der Waals surface area (Å²) < 4.78 is 59.6. The van der Waals surface area contributed by atoms with Crippen LogP contribution in [0.2, 0.25) is 0 Å². The molecule has 0 unspecified atom stereocenters. The summed E-state index contributed by atoms with van der Waals surface area (Å²) >= 11 is 0. The molecule has 0 saturated heterocycles. The first-order valence-corrected chi connectivity index (χ1v) is 9.59. The number of hydrogen-bond donors (Lipinski definition) is 1. The second-order valence-electron chi connectivity index (χ2n) is 7.06. The number of carboxylic acids is 1. The first-order valence-electron chi connectivity index (χ1n) is 9.59. The van der Waals surface area contributed by atoms with Gasteiger partial charge in [-0.2, -0.15) is 0 Å². The van der Waals surface area contributed by atoms with E-state index >= 15 is 4.39 Å². The average Bonchev–Trinajstić information content (AvgIpc) is 3.14. The molecule has 2 aromatic heterocycles. The van der Waals surface area contributed by atoms with Gasteiger partial charge in [0.1, 0.15) is 23.3 Å². The van der Waals surface area contributed by atoms with Gasteiger partial charge in [-0.15, -0.1) is 0 Å². The molecule has 0 saturated carbocycles. The van der Waals surface area contributed by atoms with Gasteiger partial charge in [-0.1, -0.05) is 19.1 Å². The van der Waals surface area contributed by atoms with Crippen LogP contribution in [0.1, 0.15) is 38.9 Å². The van der Waals surface area contributed by atoms with Gasteiger partial charge in [-0.05, 0) is 42.8 Å². The van der Waals surface area contributed by atoms with Crippen LogP contribution in [0.4, 0.5) is 17.6 Å². The fourth-order valence-electron chi connectivity index (χ4n) is 3.81. The topological polar surface area (TPSA) is 58.8 Å². The smallest absolute Gasteiger partial charge is 0.336 e. The minimum atomic E-state index is -1.31. The monoisotopic (exact) mass is 441 g/mol. The number of hydrogen-bond acceptors (Lipinski definition) is 2. The van der Waals surface area contributed by atoms with Crippen LogP contribution < -0.4 is 0 Å². The molecule has 0 radical (unpaired) electrons. The molecule has 0 spiro atoms. The van der Waals surface area contributed by atoms with E-state index in [1.54, 1.807) is 6.92 Å². The Hall–Kier alpha value is -3.94. The third-order valence-electron chi connectivity index (χ3n) is 5.28. The lowest BCUT2D eigenvalue weighted by molar-refractivity contribution is 0.0695. The molecule has 32 heavy (non-hydrogen) atoms. The van der Waals surface area contributed by atoms with E-state index in [0.29, 0.717) is 0 Å². The van der Waals surface area contributed by atoms with Gasteiger partial charge in [0.2, 0.25) is 5.78 Å². The van der Waals surface area contributed by atoms with E-state index in [0.717, 1.165) is 34.7 Å². The largest absolute Gasteiger partial charge is 0.478 e. The zero-order valence-electron chi connectivity index (χ0n) is 16.6. The molecule has 0 amide bonds. The molecule has 162 valence electrons. The molecular weight excluding hydrogens is 426 g/mol. The third-order valence-corrected chi connectivity index (χ3v) is 5.28. The summed E-state index contributed by atoms with van der Waals surface area (Å²) in [5.74, 6) is -6.22. The van der Waals surface area contributed by atoms with Crippen molar-refractivity contribution in [2.24, 2.45) is 0 Å². The molecule has 0 aliphatic rings. The number of carbonyl (C=O) groups is 2. The normalized spacial score (nSPS) is 11.2. The van der Waals surface area contributed by atoms with Crippen LogP contribution in [0.5, 0.6) is 0 Å². The Balaban J connectivity index is 2.02. The highest BCUT2D eigenvalue weighted by Gasteiger charge is 2.26. The number of carbonyl (C=O) groups excluding carboxylic acids is 1. The van der Waals surface area contributed by atoms with Crippen molar-refractivity contribution in [2.75, 3.05) is 0 Å². The highest BCUT2D eigenvalue weighted by Crippen LogP contribution is 2.35. The fourth-order valence-corrected chi connectivity index (χ4v) is 3.81. The first-order chi connectivity index (χ1) is 15.3. The van der Waals surface area contributed by atoms with Gasteiger partial charge in [0.25, 0.3) is 0 Å². The Bertz CT molecular complexity index is 1390. The standard InChI is InChI=1S/C24H15F4NO3/c1-2-12-14(24(31)32)9-8-13(21(12)28)15-11-19(29-10-4-7-18(27)22(15)29)23(30)20-16(25)5-3-6-17(20)26/h3-11H,2H2,1H3,(H,31,32). The minimum absolute atomic E-state index is 0.0488. The lowest BCUT2D eigenvalue weighted by Crippen LogP contribution is -2.10. The van der Waals surface area contributed by atoms with Crippen molar-refractivity contribution in [3.63, 3.8) is 0 Å². The Morgan fingerprint density at radius 1 is 0.906 bits per heavy atom. The van der Waals surface area contributed by atoms with Gasteiger partial charge in [0, 0.05) is 22.9 Å². The fraction of sp³-hybridized carbons (Fsp3) is 0.0833. The van der Waals surface area contributed by atoms with Crippen LogP contribution in [0, 0.1) is 23.3 Å². The Morgan fingerprint density at radius 3 is 2.19 bits per heavy atom. The zero-order chi connectivity index (χ0) is 23.2. The number of fused-ring (bicyclic) bond motifs is 1. The Kier molecular flexibility index (Phi) is 5.30. The second-order valence-corrected chi connectivity index (χ2v) is 7.06. The van der Waals surface area contributed by atoms with Crippen molar-refractivity contribution in [3.05, 3.63) is 100 Å². The summed E-state index contributed by atoms with van der Waals surface area (Å²) in [6.45, 7) is 1.57. The lowest BCUT2D eigenvalue weighted by Gasteiger charge is -2.10. The van der Waals surface area contributed by atoms with Crippen molar-refractivity contribution < 1.29 is 32.3 Å². The maximum atomic E-state index is 15.3. The van der Waals surface area contributed by atoms with Crippen LogP contribution in [-0.2, 0) is 6.42 Å². The van der Waals surface area contributed by atoms with Crippen LogP contribution >= 0.6 is 0 Å². The van der Waals surface area contributed by atoms with Crippen molar-refractivity contribution in [1.82, 2.24) is 4.40 Å². The number of nitrogens with zero attached hydrogens (tertiary/aromatic N) is 1. The summed E-state index contributed by atoms with van der Waals surface area (Å²) in [5.41, 5.74) is -1.79. The maximum absolute atomic E-state index is 15.3. The van der Waals surface area contributed by atoms with Crippen molar-refractivity contribution in [3.8, 4) is 11.1 Å². The molecule has 4 aromatic rings. The van der Waals surface area contributed by atoms with E-state index < -0.39 is 40.6 Å². The quantitative estimate of drug-likeness (QED) is 0.321. The van der Waals surface area contributed by atoms with Gasteiger partial charge in [0.05, 0.1) is 22.3 Å². The summed E-state index contributed by atoms with van der Waals surface area (Å²) in [7, 11) is 0. The summed E-state index contributed by atoms with van der Waals surface area (Å²) in [4.78, 5) is 24.4. The van der Waals surface area contributed by atoms with Gasteiger partial charge in [-0.25, -0.2) is 22.4 Å². The summed E-state index contributed by atoms with van der Waals surface area (Å²) in [6, 6.07) is 8.86. The molecule has 0 bridgehead atoms. The average molecular weight is 441 g/mol. The molecule has 4 rings (SSSR count). The highest BCUT2D eigenvalue weighted by molar-refractivity contribution is 6.10. The van der Waals surface area contributed by atoms with E-state index in [1.807, 2.05) is 0 Å². The number of rotatable bonds is 5. The van der Waals surface area contributed by atoms with Crippen LogP contribution in [0.25, 0.3) is 16.6 Å². The Morgan fingerprint density at radius 2 is 1.56 bits per heavy atom. The molecule has 2 aromatic carbocycles. The third kappa shape index (κ3) is 3.24. The molecule has 4 nitrogen and oxygen atoms in total. The Labute approximate surface area is 179 Å². The number of aromatic carboxylic acids is 1. The molecule has 2 heterocycles. The molecular formula is C24H15F4NO3. The van der Waals surface area contributed by atoms with Crippen LogP contribution in [0.3, 0.4) is 0 Å². The molecule has 8 heteroatoms. The summed E-state index contributed by atoms with van der Waals surface area (Å²) in [6.07, 6.45) is 1.37. The predicted octanol–water partition coefficient (Wildman–Crippen LogP) is 5.65. The molecule has 1 N–H and O–H groups in total.